The van der Waals surface area contributed by atoms with Gasteiger partial charge >= 0.3 is 0 Å². The van der Waals surface area contributed by atoms with Crippen molar-refractivity contribution in [1.82, 2.24) is 0 Å². The first-order chi connectivity index (χ1) is 17.4. The third-order valence-corrected chi connectivity index (χ3v) is 7.09. The first-order valence-electron chi connectivity index (χ1n) is 11.9. The number of aliphatic hydroxyl groups is 1. The van der Waals surface area contributed by atoms with E-state index in [1.54, 1.807) is 24.1 Å². The summed E-state index contributed by atoms with van der Waals surface area (Å²) in [6, 6.07) is 22.3. The van der Waals surface area contributed by atoms with Crippen LogP contribution in [-0.4, -0.2) is 23.8 Å². The van der Waals surface area contributed by atoms with Gasteiger partial charge in [-0.3, -0.25) is 15.1 Å². The maximum atomic E-state index is 13.5. The minimum atomic E-state index is -0.581. The van der Waals surface area contributed by atoms with E-state index in [0.717, 1.165) is 16.8 Å². The van der Waals surface area contributed by atoms with Gasteiger partial charge in [-0.05, 0) is 55.7 Å². The van der Waals surface area contributed by atoms with Gasteiger partial charge < -0.3 is 9.84 Å². The van der Waals surface area contributed by atoms with Crippen molar-refractivity contribution in [3.63, 3.8) is 0 Å². The molecule has 0 amide bonds. The Morgan fingerprint density at radius 1 is 1.06 bits per heavy atom. The van der Waals surface area contributed by atoms with E-state index in [2.05, 4.69) is 0 Å². The largest absolute Gasteiger partial charge is 0.507 e. The molecule has 0 unspecified atom stereocenters. The summed E-state index contributed by atoms with van der Waals surface area (Å²) < 4.78 is 5.34. The number of halogens is 1. The van der Waals surface area contributed by atoms with Gasteiger partial charge in [0.1, 0.15) is 17.3 Å². The maximum Gasteiger partial charge on any atom is 0.161 e. The smallest absolute Gasteiger partial charge is 0.161 e. The molecule has 2 N–H and O–H groups in total. The van der Waals surface area contributed by atoms with Gasteiger partial charge in [0, 0.05) is 45.5 Å². The van der Waals surface area contributed by atoms with Crippen LogP contribution < -0.4 is 9.64 Å². The molecule has 182 valence electrons. The highest BCUT2D eigenvalue weighted by Gasteiger charge is 2.43. The number of allylic oxidation sites excluding steroid dienone is 2. The number of aliphatic hydroxyl groups excluding tert-OH is 1. The second-order valence-corrected chi connectivity index (χ2v) is 9.57. The number of nitrogens with zero attached hydrogens (tertiary/aromatic N) is 1. The van der Waals surface area contributed by atoms with Gasteiger partial charge in [-0.1, -0.05) is 59.6 Å². The number of nitrogens with one attached hydrogen (secondary N) is 1. The van der Waals surface area contributed by atoms with E-state index in [0.29, 0.717) is 52.4 Å². The zero-order valence-corrected chi connectivity index (χ0v) is 21.0. The Morgan fingerprint density at radius 2 is 1.78 bits per heavy atom. The molecule has 0 bridgehead atoms. The molecule has 2 aliphatic rings. The number of carbonyl (C=O) groups is 1. The third-order valence-electron chi connectivity index (χ3n) is 6.85. The van der Waals surface area contributed by atoms with Crippen LogP contribution in [0.1, 0.15) is 41.9 Å². The maximum absolute atomic E-state index is 13.5. The second-order valence-electron chi connectivity index (χ2n) is 9.14. The fourth-order valence-corrected chi connectivity index (χ4v) is 5.27. The Labute approximate surface area is 215 Å². The Kier molecular flexibility index (Phi) is 6.42. The number of aryl methyl sites for hydroxylation is 1. The molecule has 1 heterocycles. The first kappa shape index (κ1) is 23.9. The highest BCUT2D eigenvalue weighted by Crippen LogP contribution is 2.48. The number of ether oxygens (including phenoxy) is 1. The number of rotatable bonds is 4. The van der Waals surface area contributed by atoms with Crippen molar-refractivity contribution < 1.29 is 14.6 Å². The molecule has 5 rings (SSSR count). The summed E-state index contributed by atoms with van der Waals surface area (Å²) in [5, 5.41) is 21.6. The topological polar surface area (TPSA) is 73.6 Å². The molecule has 0 aromatic heterocycles. The lowest BCUT2D eigenvalue weighted by atomic mass is 9.73. The molecule has 0 saturated heterocycles. The van der Waals surface area contributed by atoms with Gasteiger partial charge in [0.15, 0.2) is 5.78 Å². The Bertz CT molecular complexity index is 1400. The molecule has 3 aromatic rings. The van der Waals surface area contributed by atoms with E-state index in [1.165, 1.54) is 0 Å². The number of ketones is 1. The van der Waals surface area contributed by atoms with Gasteiger partial charge in [0.25, 0.3) is 0 Å². The van der Waals surface area contributed by atoms with Crippen LogP contribution in [-0.2, 0) is 4.79 Å². The predicted octanol–water partition coefficient (Wildman–Crippen LogP) is 7.21. The molecule has 1 aliphatic heterocycles. The highest BCUT2D eigenvalue weighted by molar-refractivity contribution is 6.31. The molecule has 36 heavy (non-hydrogen) atoms. The van der Waals surface area contributed by atoms with Gasteiger partial charge in [-0.25, -0.2) is 0 Å². The van der Waals surface area contributed by atoms with E-state index in [9.17, 15) is 15.3 Å². The summed E-state index contributed by atoms with van der Waals surface area (Å²) in [6.45, 7) is 1.98. The first-order valence-corrected chi connectivity index (χ1v) is 12.3. The van der Waals surface area contributed by atoms with Gasteiger partial charge in [0.05, 0.1) is 7.11 Å². The number of anilines is 1. The Hall–Kier alpha value is -3.83. The number of hydrogen-bond donors (Lipinski definition) is 2. The number of amidine groups is 1. The fourth-order valence-electron chi connectivity index (χ4n) is 5.09. The van der Waals surface area contributed by atoms with Crippen molar-refractivity contribution in [3.8, 4) is 5.75 Å². The molecule has 3 aromatic carbocycles. The molecule has 0 saturated carbocycles. The quantitative estimate of drug-likeness (QED) is 0.372. The number of methoxy groups -OCH3 is 1. The summed E-state index contributed by atoms with van der Waals surface area (Å²) in [5.41, 5.74) is 4.97. The summed E-state index contributed by atoms with van der Waals surface area (Å²) in [7, 11) is 1.61. The molecule has 0 radical (unpaired) electrons. The molecule has 1 aliphatic carbocycles. The predicted molar refractivity (Wildman–Crippen MR) is 144 cm³/mol. The van der Waals surface area contributed by atoms with Crippen LogP contribution in [0, 0.1) is 12.3 Å². The molecular weight excluding hydrogens is 472 g/mol. The van der Waals surface area contributed by atoms with Crippen molar-refractivity contribution in [2.24, 2.45) is 0 Å². The van der Waals surface area contributed by atoms with Crippen LogP contribution in [0.3, 0.4) is 0 Å². The van der Waals surface area contributed by atoms with E-state index in [-0.39, 0.29) is 17.4 Å². The van der Waals surface area contributed by atoms with E-state index >= 15 is 0 Å². The Morgan fingerprint density at radius 3 is 2.44 bits per heavy atom. The summed E-state index contributed by atoms with van der Waals surface area (Å²) in [4.78, 5) is 15.3. The Balaban J connectivity index is 1.81. The zero-order chi connectivity index (χ0) is 25.4. The van der Waals surface area contributed by atoms with Crippen LogP contribution >= 0.6 is 11.6 Å². The van der Waals surface area contributed by atoms with Crippen molar-refractivity contribution in [3.05, 3.63) is 111 Å². The average Bonchev–Trinajstić information content (AvgIpc) is 2.88. The standard InChI is InChI=1S/C30H27ClN2O3/c1-18-9-11-20(12-10-18)29(35)28-26(19-13-15-23(36-2)16-14-19)27-24(7-4-8-25(27)34)33(30(28)32)22-6-3-5-21(31)17-22/h3,5-6,9-17,26,32,35H,4,7-8H2,1-2H3/b29-28+,32-30?/t26-/m1/s1. The zero-order valence-electron chi connectivity index (χ0n) is 20.2. The minimum Gasteiger partial charge on any atom is -0.507 e. The number of Topliss-reactive ketones (excluding diaryl/α,β-unsaturated/α-hetero) is 1. The van der Waals surface area contributed by atoms with Crippen LogP contribution in [0.15, 0.2) is 89.6 Å². The summed E-state index contributed by atoms with van der Waals surface area (Å²) in [6.07, 6.45) is 1.79. The lowest BCUT2D eigenvalue weighted by Crippen LogP contribution is -2.42. The van der Waals surface area contributed by atoms with Crippen molar-refractivity contribution in [2.75, 3.05) is 12.0 Å². The van der Waals surface area contributed by atoms with Crippen molar-refractivity contribution in [1.29, 1.82) is 5.41 Å². The lowest BCUT2D eigenvalue weighted by molar-refractivity contribution is -0.116. The van der Waals surface area contributed by atoms with Crippen LogP contribution in [0.2, 0.25) is 5.02 Å². The van der Waals surface area contributed by atoms with Crippen LogP contribution in [0.4, 0.5) is 5.69 Å². The normalized spacial score (nSPS) is 19.3. The molecule has 5 nitrogen and oxygen atoms in total. The SMILES string of the molecule is COc1ccc([C@@H]2C3=C(CCCC3=O)N(c3cccc(Cl)c3)C(=N)/C2=C(/O)c2ccc(C)cc2)cc1. The van der Waals surface area contributed by atoms with E-state index in [4.69, 9.17) is 16.3 Å². The number of hydrogen-bond acceptors (Lipinski definition) is 4. The van der Waals surface area contributed by atoms with Gasteiger partial charge in [-0.15, -0.1) is 0 Å². The second kappa shape index (κ2) is 9.67. The fraction of sp³-hybridized carbons (Fsp3) is 0.200. The van der Waals surface area contributed by atoms with Crippen LogP contribution in [0.5, 0.6) is 5.75 Å². The van der Waals surface area contributed by atoms with Crippen LogP contribution in [0.25, 0.3) is 5.76 Å². The molecular formula is C30H27ClN2O3. The van der Waals surface area contributed by atoms with Gasteiger partial charge in [-0.2, -0.15) is 0 Å². The van der Waals surface area contributed by atoms with Crippen molar-refractivity contribution >= 4 is 34.7 Å². The molecule has 0 fully saturated rings. The van der Waals surface area contributed by atoms with E-state index in [1.807, 2.05) is 67.6 Å². The average molecular weight is 499 g/mol. The summed E-state index contributed by atoms with van der Waals surface area (Å²) >= 11 is 6.32. The number of carbonyl (C=O) groups excluding carboxylic acids is 1. The highest BCUT2D eigenvalue weighted by atomic mass is 35.5. The number of benzene rings is 3. The monoisotopic (exact) mass is 498 g/mol. The summed E-state index contributed by atoms with van der Waals surface area (Å²) in [5.74, 6) is 0.263. The lowest BCUT2D eigenvalue weighted by Gasteiger charge is -2.41. The van der Waals surface area contributed by atoms with Crippen molar-refractivity contribution in [2.45, 2.75) is 32.1 Å². The van der Waals surface area contributed by atoms with Gasteiger partial charge in [0.2, 0.25) is 0 Å². The third kappa shape index (κ3) is 4.20. The molecule has 6 heteroatoms. The molecule has 0 spiro atoms. The molecule has 1 atom stereocenters. The van der Waals surface area contributed by atoms with E-state index < -0.39 is 5.92 Å². The minimum absolute atomic E-state index is 0.0160.